The SMILES string of the molecule is CC1CCC(NC(=O)CN2C(=O)N[C@](C)(c3ccccn3)C2=O)CC1. The van der Waals surface area contributed by atoms with E-state index < -0.39 is 17.5 Å². The second kappa shape index (κ2) is 6.82. The van der Waals surface area contributed by atoms with Gasteiger partial charge in [-0.15, -0.1) is 0 Å². The van der Waals surface area contributed by atoms with E-state index in [9.17, 15) is 14.4 Å². The molecule has 2 heterocycles. The standard InChI is InChI=1S/C18H24N4O3/c1-12-6-8-13(9-7-12)20-15(23)11-22-16(24)18(2,21-17(22)25)14-5-3-4-10-19-14/h3-5,10,12-13H,6-9,11H2,1-2H3,(H,20,23)(H,21,25)/t12?,13?,18-/m1/s1. The fraction of sp³-hybridized carbons (Fsp3) is 0.556. The maximum Gasteiger partial charge on any atom is 0.325 e. The lowest BCUT2D eigenvalue weighted by atomic mass is 9.87. The lowest BCUT2D eigenvalue weighted by molar-refractivity contribution is -0.135. The normalized spacial score (nSPS) is 29.4. The summed E-state index contributed by atoms with van der Waals surface area (Å²) in [5.74, 6) is -0.0601. The van der Waals surface area contributed by atoms with Crippen LogP contribution in [-0.2, 0) is 15.1 Å². The molecule has 7 heteroatoms. The smallest absolute Gasteiger partial charge is 0.325 e. The first-order chi connectivity index (χ1) is 11.9. The van der Waals surface area contributed by atoms with E-state index in [1.54, 1.807) is 31.3 Å². The molecule has 1 aliphatic carbocycles. The van der Waals surface area contributed by atoms with Gasteiger partial charge in [-0.05, 0) is 50.7 Å². The van der Waals surface area contributed by atoms with Crippen LogP contribution in [0.1, 0.15) is 45.2 Å². The van der Waals surface area contributed by atoms with Crippen LogP contribution in [0.15, 0.2) is 24.4 Å². The van der Waals surface area contributed by atoms with Crippen LogP contribution >= 0.6 is 0 Å². The summed E-state index contributed by atoms with van der Waals surface area (Å²) in [6, 6.07) is 4.75. The predicted molar refractivity (Wildman–Crippen MR) is 91.4 cm³/mol. The molecule has 1 aromatic heterocycles. The Morgan fingerprint density at radius 2 is 2.04 bits per heavy atom. The van der Waals surface area contributed by atoms with Crippen molar-refractivity contribution in [2.24, 2.45) is 5.92 Å². The second-order valence-corrected chi connectivity index (χ2v) is 7.19. The van der Waals surface area contributed by atoms with Crippen LogP contribution in [0, 0.1) is 5.92 Å². The number of imide groups is 1. The van der Waals surface area contributed by atoms with Crippen molar-refractivity contribution in [1.82, 2.24) is 20.5 Å². The maximum atomic E-state index is 12.7. The second-order valence-electron chi connectivity index (χ2n) is 7.19. The molecule has 0 bridgehead atoms. The van der Waals surface area contributed by atoms with Crippen molar-refractivity contribution in [3.63, 3.8) is 0 Å². The molecule has 2 fully saturated rings. The summed E-state index contributed by atoms with van der Waals surface area (Å²) in [4.78, 5) is 42.4. The first kappa shape index (κ1) is 17.4. The van der Waals surface area contributed by atoms with Crippen molar-refractivity contribution in [3.05, 3.63) is 30.1 Å². The Kier molecular flexibility index (Phi) is 4.74. The molecule has 25 heavy (non-hydrogen) atoms. The Bertz CT molecular complexity index is 670. The minimum Gasteiger partial charge on any atom is -0.352 e. The maximum absolute atomic E-state index is 12.7. The average Bonchev–Trinajstić information content (AvgIpc) is 2.82. The van der Waals surface area contributed by atoms with Crippen LogP contribution < -0.4 is 10.6 Å². The molecule has 4 amide bonds. The van der Waals surface area contributed by atoms with Crippen LogP contribution in [0.2, 0.25) is 0 Å². The fourth-order valence-corrected chi connectivity index (χ4v) is 3.49. The van der Waals surface area contributed by atoms with E-state index in [-0.39, 0.29) is 18.5 Å². The Labute approximate surface area is 147 Å². The number of hydrogen-bond acceptors (Lipinski definition) is 4. The van der Waals surface area contributed by atoms with Crippen molar-refractivity contribution in [2.75, 3.05) is 6.54 Å². The molecule has 1 saturated heterocycles. The first-order valence-electron chi connectivity index (χ1n) is 8.75. The van der Waals surface area contributed by atoms with Gasteiger partial charge in [0.25, 0.3) is 5.91 Å². The van der Waals surface area contributed by atoms with Gasteiger partial charge in [0.05, 0.1) is 5.69 Å². The quantitative estimate of drug-likeness (QED) is 0.811. The van der Waals surface area contributed by atoms with Crippen molar-refractivity contribution >= 4 is 17.8 Å². The zero-order valence-electron chi connectivity index (χ0n) is 14.6. The molecule has 2 N–H and O–H groups in total. The summed E-state index contributed by atoms with van der Waals surface area (Å²) in [7, 11) is 0. The third-order valence-electron chi connectivity index (χ3n) is 5.13. The zero-order valence-corrected chi connectivity index (χ0v) is 14.6. The highest BCUT2D eigenvalue weighted by atomic mass is 16.2. The average molecular weight is 344 g/mol. The van der Waals surface area contributed by atoms with Gasteiger partial charge in [-0.25, -0.2) is 4.79 Å². The van der Waals surface area contributed by atoms with Gasteiger partial charge in [0.15, 0.2) is 5.54 Å². The first-order valence-corrected chi connectivity index (χ1v) is 8.75. The zero-order chi connectivity index (χ0) is 18.0. The Morgan fingerprint density at radius 1 is 1.32 bits per heavy atom. The van der Waals surface area contributed by atoms with Crippen LogP contribution in [0.25, 0.3) is 0 Å². The molecule has 1 saturated carbocycles. The summed E-state index contributed by atoms with van der Waals surface area (Å²) in [5, 5.41) is 5.60. The monoisotopic (exact) mass is 344 g/mol. The predicted octanol–water partition coefficient (Wildman–Crippen LogP) is 1.54. The number of pyridine rings is 1. The molecule has 0 unspecified atom stereocenters. The Morgan fingerprint density at radius 3 is 2.68 bits per heavy atom. The number of urea groups is 1. The molecular formula is C18H24N4O3. The topological polar surface area (TPSA) is 91.4 Å². The van der Waals surface area contributed by atoms with E-state index in [1.165, 1.54) is 0 Å². The molecule has 134 valence electrons. The van der Waals surface area contributed by atoms with Crippen molar-refractivity contribution in [2.45, 2.75) is 51.1 Å². The summed E-state index contributed by atoms with van der Waals surface area (Å²) < 4.78 is 0. The molecule has 0 radical (unpaired) electrons. The molecular weight excluding hydrogens is 320 g/mol. The molecule has 1 atom stereocenters. The van der Waals surface area contributed by atoms with Crippen molar-refractivity contribution in [3.8, 4) is 0 Å². The lowest BCUT2D eigenvalue weighted by Crippen LogP contribution is -2.46. The van der Waals surface area contributed by atoms with Crippen molar-refractivity contribution < 1.29 is 14.4 Å². The molecule has 7 nitrogen and oxygen atoms in total. The number of aromatic nitrogens is 1. The van der Waals surface area contributed by atoms with E-state index in [1.807, 2.05) is 0 Å². The molecule has 0 spiro atoms. The summed E-state index contributed by atoms with van der Waals surface area (Å²) in [6.07, 6.45) is 5.63. The highest BCUT2D eigenvalue weighted by Crippen LogP contribution is 2.27. The minimum absolute atomic E-state index is 0.131. The third kappa shape index (κ3) is 3.50. The highest BCUT2D eigenvalue weighted by molar-refractivity contribution is 6.08. The van der Waals surface area contributed by atoms with Gasteiger partial charge < -0.3 is 10.6 Å². The van der Waals surface area contributed by atoms with Crippen LogP contribution in [0.3, 0.4) is 0 Å². The lowest BCUT2D eigenvalue weighted by Gasteiger charge is -2.27. The number of nitrogens with zero attached hydrogens (tertiary/aromatic N) is 2. The van der Waals surface area contributed by atoms with E-state index >= 15 is 0 Å². The van der Waals surface area contributed by atoms with Crippen LogP contribution in [0.5, 0.6) is 0 Å². The molecule has 1 aliphatic heterocycles. The number of hydrogen-bond donors (Lipinski definition) is 2. The third-order valence-corrected chi connectivity index (χ3v) is 5.13. The van der Waals surface area contributed by atoms with Gasteiger partial charge in [0.2, 0.25) is 5.91 Å². The summed E-state index contributed by atoms with van der Waals surface area (Å²) >= 11 is 0. The largest absolute Gasteiger partial charge is 0.352 e. The highest BCUT2D eigenvalue weighted by Gasteiger charge is 2.50. The molecule has 3 rings (SSSR count). The minimum atomic E-state index is -1.24. The summed E-state index contributed by atoms with van der Waals surface area (Å²) in [5.41, 5.74) is -0.781. The molecule has 0 aromatic carbocycles. The number of carbonyl (C=O) groups excluding carboxylic acids is 3. The van der Waals surface area contributed by atoms with E-state index in [0.717, 1.165) is 30.6 Å². The van der Waals surface area contributed by atoms with Gasteiger partial charge in [0, 0.05) is 12.2 Å². The van der Waals surface area contributed by atoms with Gasteiger partial charge in [-0.1, -0.05) is 13.0 Å². The number of amides is 4. The van der Waals surface area contributed by atoms with Crippen LogP contribution in [0.4, 0.5) is 4.79 Å². The summed E-state index contributed by atoms with van der Waals surface area (Å²) in [6.45, 7) is 3.55. The van der Waals surface area contributed by atoms with Gasteiger partial charge in [0.1, 0.15) is 6.54 Å². The number of carbonyl (C=O) groups is 3. The van der Waals surface area contributed by atoms with Gasteiger partial charge in [-0.3, -0.25) is 19.5 Å². The Balaban J connectivity index is 1.64. The van der Waals surface area contributed by atoms with E-state index in [2.05, 4.69) is 22.5 Å². The van der Waals surface area contributed by atoms with E-state index in [0.29, 0.717) is 11.6 Å². The molecule has 1 aromatic rings. The molecule has 2 aliphatic rings. The van der Waals surface area contributed by atoms with Gasteiger partial charge >= 0.3 is 6.03 Å². The fourth-order valence-electron chi connectivity index (χ4n) is 3.49. The van der Waals surface area contributed by atoms with Crippen molar-refractivity contribution in [1.29, 1.82) is 0 Å². The number of rotatable bonds is 4. The number of nitrogens with one attached hydrogen (secondary N) is 2. The van der Waals surface area contributed by atoms with Gasteiger partial charge in [-0.2, -0.15) is 0 Å². The Hall–Kier alpha value is -2.44. The van der Waals surface area contributed by atoms with E-state index in [4.69, 9.17) is 0 Å². The van der Waals surface area contributed by atoms with Crippen LogP contribution in [-0.4, -0.2) is 40.3 Å².